The molecule has 19 heavy (non-hydrogen) atoms. The molecule has 108 valence electrons. The lowest BCUT2D eigenvalue weighted by Gasteiger charge is -2.47. The van der Waals surface area contributed by atoms with Crippen molar-refractivity contribution in [3.05, 3.63) is 0 Å². The van der Waals surface area contributed by atoms with E-state index in [9.17, 15) is 9.59 Å². The number of hydrogen-bond acceptors (Lipinski definition) is 2. The molecule has 1 aliphatic heterocycles. The largest absolute Gasteiger partial charge is 0.342 e. The second kappa shape index (κ2) is 4.22. The summed E-state index contributed by atoms with van der Waals surface area (Å²) < 4.78 is 0. The van der Waals surface area contributed by atoms with E-state index >= 15 is 0 Å². The van der Waals surface area contributed by atoms with Crippen LogP contribution in [0.25, 0.3) is 0 Å². The molecule has 2 amide bonds. The van der Waals surface area contributed by atoms with Crippen LogP contribution in [0.3, 0.4) is 0 Å². The van der Waals surface area contributed by atoms with Gasteiger partial charge in [-0.05, 0) is 31.1 Å². The van der Waals surface area contributed by atoms with Crippen molar-refractivity contribution in [2.75, 3.05) is 0 Å². The van der Waals surface area contributed by atoms with E-state index in [1.165, 1.54) is 0 Å². The van der Waals surface area contributed by atoms with Crippen molar-refractivity contribution in [2.45, 2.75) is 72.0 Å². The quantitative estimate of drug-likeness (QED) is 0.830. The van der Waals surface area contributed by atoms with Crippen LogP contribution in [-0.2, 0) is 9.59 Å². The maximum Gasteiger partial charge on any atom is 0.246 e. The van der Waals surface area contributed by atoms with Crippen LogP contribution in [0.5, 0.6) is 0 Å². The predicted molar refractivity (Wildman–Crippen MR) is 74.5 cm³/mol. The van der Waals surface area contributed by atoms with Crippen LogP contribution in [0, 0.1) is 11.3 Å². The van der Waals surface area contributed by atoms with E-state index in [0.717, 1.165) is 12.8 Å². The van der Waals surface area contributed by atoms with E-state index < -0.39 is 6.04 Å². The fourth-order valence-electron chi connectivity index (χ4n) is 2.89. The van der Waals surface area contributed by atoms with Crippen LogP contribution in [0.2, 0.25) is 0 Å². The molecule has 0 spiro atoms. The summed E-state index contributed by atoms with van der Waals surface area (Å²) in [6, 6.07) is -0.731. The van der Waals surface area contributed by atoms with Gasteiger partial charge in [-0.15, -0.1) is 0 Å². The average Bonchev–Trinajstić information content (AvgIpc) is 2.97. The summed E-state index contributed by atoms with van der Waals surface area (Å²) in [5.74, 6) is 0.232. The van der Waals surface area contributed by atoms with E-state index in [0.29, 0.717) is 0 Å². The summed E-state index contributed by atoms with van der Waals surface area (Å²) in [6.45, 7) is 12.1. The first kappa shape index (κ1) is 14.4. The third-order valence-corrected chi connectivity index (χ3v) is 4.37. The van der Waals surface area contributed by atoms with E-state index in [4.69, 9.17) is 0 Å². The molecule has 4 heteroatoms. The number of carbonyl (C=O) groups excluding carboxylic acids is 2. The van der Waals surface area contributed by atoms with Gasteiger partial charge in [-0.2, -0.15) is 0 Å². The SMILES string of the molecule is CC(C)C1C(=O)NC(C(C)(C)C)C(=O)N1C1(C)CC1. The van der Waals surface area contributed by atoms with Crippen molar-refractivity contribution in [1.82, 2.24) is 10.2 Å². The first-order chi connectivity index (χ1) is 8.58. The van der Waals surface area contributed by atoms with Crippen LogP contribution in [0.15, 0.2) is 0 Å². The van der Waals surface area contributed by atoms with Gasteiger partial charge in [-0.1, -0.05) is 34.6 Å². The van der Waals surface area contributed by atoms with Crippen molar-refractivity contribution in [3.8, 4) is 0 Å². The Hall–Kier alpha value is -1.06. The van der Waals surface area contributed by atoms with E-state index in [-0.39, 0.29) is 34.7 Å². The highest BCUT2D eigenvalue weighted by molar-refractivity contribution is 5.98. The molecule has 0 aromatic rings. The minimum atomic E-state index is -0.410. The van der Waals surface area contributed by atoms with E-state index in [2.05, 4.69) is 12.2 Å². The van der Waals surface area contributed by atoms with Gasteiger partial charge in [0, 0.05) is 5.54 Å². The molecule has 1 heterocycles. The number of rotatable bonds is 2. The van der Waals surface area contributed by atoms with Crippen molar-refractivity contribution in [3.63, 3.8) is 0 Å². The fourth-order valence-corrected chi connectivity index (χ4v) is 2.89. The summed E-state index contributed by atoms with van der Waals surface area (Å²) in [5.41, 5.74) is -0.356. The Morgan fingerprint density at radius 2 is 1.79 bits per heavy atom. The highest BCUT2D eigenvalue weighted by Gasteiger charge is 2.56. The van der Waals surface area contributed by atoms with Gasteiger partial charge in [-0.25, -0.2) is 0 Å². The Morgan fingerprint density at radius 1 is 1.26 bits per heavy atom. The number of amides is 2. The molecular weight excluding hydrogens is 240 g/mol. The first-order valence-electron chi connectivity index (χ1n) is 7.21. The molecule has 0 bridgehead atoms. The number of hydrogen-bond donors (Lipinski definition) is 1. The molecule has 2 fully saturated rings. The van der Waals surface area contributed by atoms with Crippen LogP contribution in [0.1, 0.15) is 54.4 Å². The van der Waals surface area contributed by atoms with Crippen molar-refractivity contribution < 1.29 is 9.59 Å². The molecule has 2 atom stereocenters. The Balaban J connectivity index is 2.37. The topological polar surface area (TPSA) is 49.4 Å². The van der Waals surface area contributed by atoms with Gasteiger partial charge in [0.1, 0.15) is 12.1 Å². The predicted octanol–water partition coefficient (Wildman–Crippen LogP) is 1.94. The lowest BCUT2D eigenvalue weighted by Crippen LogP contribution is -2.70. The first-order valence-corrected chi connectivity index (χ1v) is 7.21. The molecule has 1 N–H and O–H groups in total. The van der Waals surface area contributed by atoms with Gasteiger partial charge in [-0.3, -0.25) is 9.59 Å². The Labute approximate surface area is 115 Å². The van der Waals surface area contributed by atoms with Crippen molar-refractivity contribution in [1.29, 1.82) is 0 Å². The zero-order valence-corrected chi connectivity index (χ0v) is 12.9. The van der Waals surface area contributed by atoms with E-state index in [1.54, 1.807) is 0 Å². The number of nitrogens with one attached hydrogen (secondary N) is 1. The molecule has 0 aromatic heterocycles. The average molecular weight is 266 g/mol. The number of nitrogens with zero attached hydrogens (tertiary/aromatic N) is 1. The molecule has 1 saturated carbocycles. The number of carbonyl (C=O) groups is 2. The maximum absolute atomic E-state index is 12.8. The van der Waals surface area contributed by atoms with Crippen LogP contribution >= 0.6 is 0 Å². The summed E-state index contributed by atoms with van der Waals surface area (Å²) in [6.07, 6.45) is 2.01. The Bertz CT molecular complexity index is 405. The Morgan fingerprint density at radius 3 is 2.16 bits per heavy atom. The van der Waals surface area contributed by atoms with Gasteiger partial charge in [0.05, 0.1) is 0 Å². The van der Waals surface area contributed by atoms with Crippen molar-refractivity contribution >= 4 is 11.8 Å². The summed E-state index contributed by atoms with van der Waals surface area (Å²) in [5, 5.41) is 2.94. The molecule has 2 aliphatic rings. The summed E-state index contributed by atoms with van der Waals surface area (Å²) >= 11 is 0. The monoisotopic (exact) mass is 266 g/mol. The molecule has 4 nitrogen and oxygen atoms in total. The highest BCUT2D eigenvalue weighted by Crippen LogP contribution is 2.45. The molecule has 0 aromatic carbocycles. The second-order valence-electron chi connectivity index (χ2n) is 7.70. The van der Waals surface area contributed by atoms with Gasteiger partial charge in [0.15, 0.2) is 0 Å². The van der Waals surface area contributed by atoms with Crippen LogP contribution in [0.4, 0.5) is 0 Å². The summed E-state index contributed by atoms with van der Waals surface area (Å²) in [7, 11) is 0. The zero-order chi connectivity index (χ0) is 14.6. The number of piperazine rings is 1. The maximum atomic E-state index is 12.8. The minimum absolute atomic E-state index is 0.00245. The summed E-state index contributed by atoms with van der Waals surface area (Å²) in [4.78, 5) is 27.1. The Kier molecular flexibility index (Phi) is 3.19. The van der Waals surface area contributed by atoms with E-state index in [1.807, 2.05) is 39.5 Å². The van der Waals surface area contributed by atoms with Gasteiger partial charge in [0.2, 0.25) is 11.8 Å². The van der Waals surface area contributed by atoms with Crippen molar-refractivity contribution in [2.24, 2.45) is 11.3 Å². The molecular formula is C15H26N2O2. The zero-order valence-electron chi connectivity index (χ0n) is 12.9. The second-order valence-corrected chi connectivity index (χ2v) is 7.70. The molecule has 1 aliphatic carbocycles. The van der Waals surface area contributed by atoms with Crippen LogP contribution in [-0.4, -0.2) is 34.3 Å². The van der Waals surface area contributed by atoms with Crippen LogP contribution < -0.4 is 5.32 Å². The third kappa shape index (κ3) is 2.37. The minimum Gasteiger partial charge on any atom is -0.342 e. The fraction of sp³-hybridized carbons (Fsp3) is 0.867. The normalized spacial score (nSPS) is 30.6. The molecule has 1 saturated heterocycles. The third-order valence-electron chi connectivity index (χ3n) is 4.37. The standard InChI is InChI=1S/C15H26N2O2/c1-9(2)10-12(18)16-11(14(3,4)5)13(19)17(10)15(6)7-8-15/h9-11H,7-8H2,1-6H3,(H,16,18). The molecule has 2 rings (SSSR count). The molecule has 2 unspecified atom stereocenters. The highest BCUT2D eigenvalue weighted by atomic mass is 16.2. The van der Waals surface area contributed by atoms with Gasteiger partial charge < -0.3 is 10.2 Å². The smallest absolute Gasteiger partial charge is 0.246 e. The van der Waals surface area contributed by atoms with Gasteiger partial charge in [0.25, 0.3) is 0 Å². The molecule has 0 radical (unpaired) electrons. The lowest BCUT2D eigenvalue weighted by molar-refractivity contribution is -0.158. The van der Waals surface area contributed by atoms with Gasteiger partial charge >= 0.3 is 0 Å². The lowest BCUT2D eigenvalue weighted by atomic mass is 9.82.